The number of nitrogens with one attached hydrogen (secondary N) is 1. The Labute approximate surface area is 150 Å². The van der Waals surface area contributed by atoms with Crippen LogP contribution in [0.4, 0.5) is 0 Å². The zero-order valence-electron chi connectivity index (χ0n) is 13.2. The number of nitrogens with zero attached hydrogens (tertiary/aromatic N) is 2. The molecule has 2 heterocycles. The molecule has 1 saturated heterocycles. The second-order valence-corrected chi connectivity index (χ2v) is 8.97. The van der Waals surface area contributed by atoms with Crippen LogP contribution in [-0.2, 0) is 16.5 Å². The van der Waals surface area contributed by atoms with Crippen molar-refractivity contribution < 1.29 is 17.7 Å². The van der Waals surface area contributed by atoms with Crippen LogP contribution in [0.3, 0.4) is 0 Å². The lowest BCUT2D eigenvalue weighted by Gasteiger charge is -2.22. The van der Waals surface area contributed by atoms with Crippen LogP contribution in [0.2, 0.25) is 5.02 Å². The van der Waals surface area contributed by atoms with Crippen LogP contribution in [-0.4, -0.2) is 42.3 Å². The highest BCUT2D eigenvalue weighted by molar-refractivity contribution is 7.91. The summed E-state index contributed by atoms with van der Waals surface area (Å²) in [5.41, 5.74) is 0.758. The number of rotatable bonds is 5. The predicted octanol–water partition coefficient (Wildman–Crippen LogP) is 1.58. The summed E-state index contributed by atoms with van der Waals surface area (Å²) < 4.78 is 30.6. The first-order valence-electron chi connectivity index (χ1n) is 7.77. The van der Waals surface area contributed by atoms with Gasteiger partial charge in [-0.15, -0.1) is 5.10 Å². The Kier molecular flexibility index (Phi) is 5.10. The van der Waals surface area contributed by atoms with Crippen molar-refractivity contribution in [2.24, 2.45) is 0 Å². The van der Waals surface area contributed by atoms with E-state index in [0.29, 0.717) is 24.0 Å². The molecule has 0 saturated carbocycles. The molecule has 2 atom stereocenters. The highest BCUT2D eigenvalue weighted by Gasteiger charge is 2.35. The molecular formula is C15H19ClN3O3S2+. The van der Waals surface area contributed by atoms with E-state index in [2.05, 4.69) is 5.10 Å². The van der Waals surface area contributed by atoms with Crippen LogP contribution in [0.1, 0.15) is 13.3 Å². The van der Waals surface area contributed by atoms with Crippen molar-refractivity contribution in [2.45, 2.75) is 26.1 Å². The number of benzene rings is 1. The molecule has 1 aliphatic rings. The standard InChI is InChI=1S/C15H18ClN3O3S2/c1-2-18(13-6-7-24(20,21)9-13)10-19-15(23)22-14(17-19)11-4-3-5-12(16)8-11/h3-5,8,13H,2,6-7,9-10H2,1H3/p+1/t13-/m1/s1. The Balaban J connectivity index is 1.81. The average molecular weight is 389 g/mol. The fourth-order valence-corrected chi connectivity index (χ4v) is 5.18. The molecule has 6 nitrogen and oxygen atoms in total. The Hall–Kier alpha value is -1.22. The minimum atomic E-state index is -2.91. The highest BCUT2D eigenvalue weighted by atomic mass is 35.5. The van der Waals surface area contributed by atoms with Crippen molar-refractivity contribution in [2.75, 3.05) is 18.1 Å². The zero-order valence-corrected chi connectivity index (χ0v) is 15.6. The predicted molar refractivity (Wildman–Crippen MR) is 94.3 cm³/mol. The molecule has 1 aromatic heterocycles. The summed E-state index contributed by atoms with van der Waals surface area (Å²) in [6.45, 7) is 3.31. The summed E-state index contributed by atoms with van der Waals surface area (Å²) in [5.74, 6) is 0.902. The smallest absolute Gasteiger partial charge is 0.292 e. The van der Waals surface area contributed by atoms with Crippen LogP contribution in [0.25, 0.3) is 11.5 Å². The lowest BCUT2D eigenvalue weighted by atomic mass is 10.2. The minimum absolute atomic E-state index is 0.0771. The van der Waals surface area contributed by atoms with Crippen molar-refractivity contribution in [3.8, 4) is 11.5 Å². The van der Waals surface area contributed by atoms with Crippen molar-refractivity contribution in [1.82, 2.24) is 9.78 Å². The van der Waals surface area contributed by atoms with Crippen molar-refractivity contribution in [3.63, 3.8) is 0 Å². The molecule has 1 fully saturated rings. The summed E-state index contributed by atoms with van der Waals surface area (Å²) in [4.78, 5) is 1.41. The largest absolute Gasteiger partial charge is 0.409 e. The van der Waals surface area contributed by atoms with E-state index >= 15 is 0 Å². The molecular weight excluding hydrogens is 370 g/mol. The Morgan fingerprint density at radius 3 is 2.92 bits per heavy atom. The van der Waals surface area contributed by atoms with E-state index in [0.717, 1.165) is 17.0 Å². The number of hydrogen-bond acceptors (Lipinski definition) is 5. The Morgan fingerprint density at radius 2 is 2.29 bits per heavy atom. The van der Waals surface area contributed by atoms with Gasteiger partial charge in [0.15, 0.2) is 16.5 Å². The van der Waals surface area contributed by atoms with Gasteiger partial charge < -0.3 is 9.32 Å². The number of aromatic nitrogens is 2. The van der Waals surface area contributed by atoms with Crippen LogP contribution in [0, 0.1) is 4.84 Å². The highest BCUT2D eigenvalue weighted by Crippen LogP contribution is 2.21. The molecule has 2 aromatic rings. The number of sulfone groups is 1. The molecule has 9 heteroatoms. The van der Waals surface area contributed by atoms with Gasteiger partial charge >= 0.3 is 0 Å². The van der Waals surface area contributed by atoms with Gasteiger partial charge in [0.2, 0.25) is 5.89 Å². The molecule has 0 spiro atoms. The van der Waals surface area contributed by atoms with Gasteiger partial charge in [-0.2, -0.15) is 4.68 Å². The van der Waals surface area contributed by atoms with Crippen LogP contribution in [0.5, 0.6) is 0 Å². The molecule has 0 bridgehead atoms. The van der Waals surface area contributed by atoms with E-state index in [4.69, 9.17) is 28.2 Å². The van der Waals surface area contributed by atoms with Gasteiger partial charge in [-0.25, -0.2) is 8.42 Å². The van der Waals surface area contributed by atoms with Gasteiger partial charge in [0.25, 0.3) is 4.84 Å². The molecule has 130 valence electrons. The molecule has 24 heavy (non-hydrogen) atoms. The Bertz CT molecular complexity index is 891. The zero-order chi connectivity index (χ0) is 17.3. The molecule has 0 radical (unpaired) electrons. The van der Waals surface area contributed by atoms with Crippen molar-refractivity contribution >= 4 is 33.7 Å². The molecule has 1 N–H and O–H groups in total. The number of halogens is 1. The average Bonchev–Trinajstić information content (AvgIpc) is 3.07. The summed E-state index contributed by atoms with van der Waals surface area (Å²) in [5, 5.41) is 5.03. The first kappa shape index (κ1) is 17.6. The topological polar surface area (TPSA) is 69.5 Å². The first-order valence-corrected chi connectivity index (χ1v) is 10.4. The van der Waals surface area contributed by atoms with Gasteiger partial charge in [0.05, 0.1) is 12.3 Å². The maximum atomic E-state index is 11.7. The molecule has 1 aliphatic heterocycles. The van der Waals surface area contributed by atoms with E-state index in [9.17, 15) is 8.42 Å². The van der Waals surface area contributed by atoms with Crippen LogP contribution < -0.4 is 4.90 Å². The second kappa shape index (κ2) is 6.95. The summed E-state index contributed by atoms with van der Waals surface area (Å²) in [7, 11) is -2.91. The quantitative estimate of drug-likeness (QED) is 0.787. The van der Waals surface area contributed by atoms with Crippen molar-refractivity contribution in [1.29, 1.82) is 0 Å². The van der Waals surface area contributed by atoms with Gasteiger partial charge in [0, 0.05) is 17.0 Å². The number of quaternary nitrogens is 1. The van der Waals surface area contributed by atoms with E-state index < -0.39 is 9.84 Å². The molecule has 1 aromatic carbocycles. The second-order valence-electron chi connectivity index (χ2n) is 5.95. The fourth-order valence-electron chi connectivity index (χ4n) is 2.98. The normalized spacial score (nSPS) is 21.0. The van der Waals surface area contributed by atoms with Gasteiger partial charge in [-0.05, 0) is 37.3 Å². The lowest BCUT2D eigenvalue weighted by Crippen LogP contribution is -3.15. The maximum absolute atomic E-state index is 11.7. The van der Waals surface area contributed by atoms with E-state index in [1.54, 1.807) is 16.8 Å². The lowest BCUT2D eigenvalue weighted by molar-refractivity contribution is -0.943. The van der Waals surface area contributed by atoms with E-state index in [-0.39, 0.29) is 22.4 Å². The molecule has 0 amide bonds. The SMILES string of the molecule is CC[NH+](Cn1nc(-c2cccc(Cl)c2)oc1=S)[C@@H]1CCS(=O)(=O)C1. The van der Waals surface area contributed by atoms with Gasteiger partial charge in [-0.1, -0.05) is 17.7 Å². The molecule has 1 unspecified atom stereocenters. The fraction of sp³-hybridized carbons (Fsp3) is 0.467. The molecule has 3 rings (SSSR count). The Morgan fingerprint density at radius 1 is 1.50 bits per heavy atom. The third-order valence-corrected chi connectivity index (χ3v) is 6.59. The van der Waals surface area contributed by atoms with E-state index in [1.807, 2.05) is 19.1 Å². The minimum Gasteiger partial charge on any atom is -0.409 e. The third kappa shape index (κ3) is 3.88. The monoisotopic (exact) mass is 388 g/mol. The van der Waals surface area contributed by atoms with Crippen molar-refractivity contribution in [3.05, 3.63) is 34.1 Å². The summed E-state index contributed by atoms with van der Waals surface area (Å²) in [6.07, 6.45) is 0.678. The maximum Gasteiger partial charge on any atom is 0.292 e. The summed E-state index contributed by atoms with van der Waals surface area (Å²) in [6, 6.07) is 7.29. The number of hydrogen-bond donors (Lipinski definition) is 1. The van der Waals surface area contributed by atoms with Crippen LogP contribution >= 0.6 is 23.8 Å². The van der Waals surface area contributed by atoms with Crippen LogP contribution in [0.15, 0.2) is 28.7 Å². The molecule has 0 aliphatic carbocycles. The summed E-state index contributed by atoms with van der Waals surface area (Å²) >= 11 is 11.3. The van der Waals surface area contributed by atoms with Gasteiger partial charge in [0.1, 0.15) is 11.8 Å². The first-order chi connectivity index (χ1) is 11.4. The van der Waals surface area contributed by atoms with E-state index in [1.165, 1.54) is 0 Å². The third-order valence-electron chi connectivity index (χ3n) is 4.29. The van der Waals surface area contributed by atoms with Gasteiger partial charge in [-0.3, -0.25) is 0 Å².